The molecule has 0 aliphatic carbocycles. The molecule has 78 valence electrons. The second kappa shape index (κ2) is 3.77. The van der Waals surface area contributed by atoms with Crippen molar-refractivity contribution in [3.05, 3.63) is 29.8 Å². The number of hydrogen-bond donors (Lipinski definition) is 1. The summed E-state index contributed by atoms with van der Waals surface area (Å²) in [5.41, 5.74) is 1.75. The van der Waals surface area contributed by atoms with E-state index in [-0.39, 0.29) is 0 Å². The van der Waals surface area contributed by atoms with Gasteiger partial charge in [0.15, 0.2) is 6.29 Å². The number of carbonyl (C=O) groups excluding carboxylic acids is 1. The van der Waals surface area contributed by atoms with E-state index in [0.29, 0.717) is 0 Å². The standard InChI is InChI=1S/C12H14N2O/c1-3-14(2)12-10(8-15)9-6-4-5-7-11(9)13-12/h4-8,13H,3H2,1-2H3. The summed E-state index contributed by atoms with van der Waals surface area (Å²) in [4.78, 5) is 16.4. The molecule has 0 amide bonds. The minimum Gasteiger partial charge on any atom is -0.361 e. The smallest absolute Gasteiger partial charge is 0.154 e. The van der Waals surface area contributed by atoms with Crippen molar-refractivity contribution in [3.8, 4) is 0 Å². The van der Waals surface area contributed by atoms with E-state index in [0.717, 1.165) is 35.1 Å². The summed E-state index contributed by atoms with van der Waals surface area (Å²) in [5, 5.41) is 0.989. The van der Waals surface area contributed by atoms with Crippen LogP contribution in [0.15, 0.2) is 24.3 Å². The fourth-order valence-electron chi connectivity index (χ4n) is 1.73. The first-order chi connectivity index (χ1) is 7.27. The molecule has 1 aromatic carbocycles. The fourth-order valence-corrected chi connectivity index (χ4v) is 1.73. The molecule has 0 bridgehead atoms. The van der Waals surface area contributed by atoms with E-state index in [1.807, 2.05) is 36.2 Å². The number of para-hydroxylation sites is 1. The number of nitrogens with one attached hydrogen (secondary N) is 1. The lowest BCUT2D eigenvalue weighted by Gasteiger charge is -2.14. The zero-order valence-corrected chi connectivity index (χ0v) is 8.95. The molecular weight excluding hydrogens is 188 g/mol. The van der Waals surface area contributed by atoms with Crippen LogP contribution in [0.1, 0.15) is 17.3 Å². The lowest BCUT2D eigenvalue weighted by atomic mass is 10.2. The van der Waals surface area contributed by atoms with Crippen molar-refractivity contribution in [2.45, 2.75) is 6.92 Å². The number of aromatic amines is 1. The van der Waals surface area contributed by atoms with Gasteiger partial charge in [-0.25, -0.2) is 0 Å². The SMILES string of the molecule is CCN(C)c1[nH]c2ccccc2c1C=O. The van der Waals surface area contributed by atoms with E-state index in [2.05, 4.69) is 11.9 Å². The normalized spacial score (nSPS) is 10.5. The van der Waals surface area contributed by atoms with Gasteiger partial charge in [0.1, 0.15) is 5.82 Å². The van der Waals surface area contributed by atoms with Gasteiger partial charge in [-0.15, -0.1) is 0 Å². The summed E-state index contributed by atoms with van der Waals surface area (Å²) in [7, 11) is 1.97. The Hall–Kier alpha value is -1.77. The molecule has 0 saturated heterocycles. The number of aldehydes is 1. The molecule has 0 saturated carbocycles. The molecule has 0 radical (unpaired) electrons. The maximum atomic E-state index is 11.1. The van der Waals surface area contributed by atoms with Crippen molar-refractivity contribution in [2.24, 2.45) is 0 Å². The van der Waals surface area contributed by atoms with Crippen molar-refractivity contribution in [2.75, 3.05) is 18.5 Å². The molecule has 0 aliphatic rings. The second-order valence-electron chi connectivity index (χ2n) is 3.56. The highest BCUT2D eigenvalue weighted by Crippen LogP contribution is 2.26. The highest BCUT2D eigenvalue weighted by Gasteiger charge is 2.12. The number of fused-ring (bicyclic) bond motifs is 1. The Morgan fingerprint density at radius 3 is 2.80 bits per heavy atom. The summed E-state index contributed by atoms with van der Waals surface area (Å²) >= 11 is 0. The van der Waals surface area contributed by atoms with Crippen LogP contribution in [0.25, 0.3) is 10.9 Å². The molecule has 0 aliphatic heterocycles. The molecule has 2 rings (SSSR count). The van der Waals surface area contributed by atoms with Crippen LogP contribution in [-0.2, 0) is 0 Å². The zero-order chi connectivity index (χ0) is 10.8. The molecule has 1 aromatic heterocycles. The summed E-state index contributed by atoms with van der Waals surface area (Å²) in [6.45, 7) is 2.92. The summed E-state index contributed by atoms with van der Waals surface area (Å²) in [6.07, 6.45) is 0.917. The van der Waals surface area contributed by atoms with E-state index < -0.39 is 0 Å². The Bertz CT molecular complexity index is 487. The van der Waals surface area contributed by atoms with Gasteiger partial charge in [0, 0.05) is 24.5 Å². The topological polar surface area (TPSA) is 36.1 Å². The Morgan fingerprint density at radius 1 is 1.40 bits per heavy atom. The van der Waals surface area contributed by atoms with E-state index in [1.165, 1.54) is 0 Å². The zero-order valence-electron chi connectivity index (χ0n) is 8.95. The number of H-pyrrole nitrogens is 1. The van der Waals surface area contributed by atoms with Crippen LogP contribution in [0.3, 0.4) is 0 Å². The van der Waals surface area contributed by atoms with Crippen LogP contribution >= 0.6 is 0 Å². The Labute approximate surface area is 88.7 Å². The highest BCUT2D eigenvalue weighted by atomic mass is 16.1. The lowest BCUT2D eigenvalue weighted by molar-refractivity contribution is 0.112. The van der Waals surface area contributed by atoms with Gasteiger partial charge >= 0.3 is 0 Å². The van der Waals surface area contributed by atoms with Gasteiger partial charge < -0.3 is 9.88 Å². The van der Waals surface area contributed by atoms with Crippen LogP contribution in [0.2, 0.25) is 0 Å². The lowest BCUT2D eigenvalue weighted by Crippen LogP contribution is -2.17. The van der Waals surface area contributed by atoms with Crippen molar-refractivity contribution in [1.82, 2.24) is 4.98 Å². The van der Waals surface area contributed by atoms with Gasteiger partial charge in [0.05, 0.1) is 5.56 Å². The molecule has 0 fully saturated rings. The largest absolute Gasteiger partial charge is 0.361 e. The first-order valence-corrected chi connectivity index (χ1v) is 5.05. The third-order valence-corrected chi connectivity index (χ3v) is 2.70. The van der Waals surface area contributed by atoms with Gasteiger partial charge in [0.2, 0.25) is 0 Å². The molecular formula is C12H14N2O. The maximum absolute atomic E-state index is 11.1. The highest BCUT2D eigenvalue weighted by molar-refractivity contribution is 6.03. The number of hydrogen-bond acceptors (Lipinski definition) is 2. The summed E-state index contributed by atoms with van der Waals surface area (Å²) in [5.74, 6) is 0.897. The molecule has 15 heavy (non-hydrogen) atoms. The van der Waals surface area contributed by atoms with Crippen LogP contribution in [-0.4, -0.2) is 24.9 Å². The van der Waals surface area contributed by atoms with Crippen molar-refractivity contribution in [1.29, 1.82) is 0 Å². The van der Waals surface area contributed by atoms with E-state index in [9.17, 15) is 4.79 Å². The van der Waals surface area contributed by atoms with Gasteiger partial charge in [-0.05, 0) is 13.0 Å². The quantitative estimate of drug-likeness (QED) is 0.776. The van der Waals surface area contributed by atoms with Gasteiger partial charge in [-0.3, -0.25) is 4.79 Å². The van der Waals surface area contributed by atoms with Gasteiger partial charge in [0.25, 0.3) is 0 Å². The Morgan fingerprint density at radius 2 is 2.13 bits per heavy atom. The van der Waals surface area contributed by atoms with Crippen molar-refractivity contribution >= 4 is 23.0 Å². The number of benzene rings is 1. The number of carbonyl (C=O) groups is 1. The molecule has 1 heterocycles. The average Bonchev–Trinajstić information content (AvgIpc) is 2.66. The average molecular weight is 202 g/mol. The molecule has 3 nitrogen and oxygen atoms in total. The van der Waals surface area contributed by atoms with Crippen molar-refractivity contribution < 1.29 is 4.79 Å². The monoisotopic (exact) mass is 202 g/mol. The first-order valence-electron chi connectivity index (χ1n) is 5.05. The maximum Gasteiger partial charge on any atom is 0.154 e. The second-order valence-corrected chi connectivity index (χ2v) is 3.56. The Kier molecular flexibility index (Phi) is 2.46. The van der Waals surface area contributed by atoms with Gasteiger partial charge in [-0.2, -0.15) is 0 Å². The fraction of sp³-hybridized carbons (Fsp3) is 0.250. The number of nitrogens with zero attached hydrogens (tertiary/aromatic N) is 1. The van der Waals surface area contributed by atoms with Crippen LogP contribution in [0.5, 0.6) is 0 Å². The number of aromatic nitrogens is 1. The first kappa shape index (κ1) is 9.77. The summed E-state index contributed by atoms with van der Waals surface area (Å²) < 4.78 is 0. The summed E-state index contributed by atoms with van der Waals surface area (Å²) in [6, 6.07) is 7.85. The molecule has 2 aromatic rings. The molecule has 1 N–H and O–H groups in total. The Balaban J connectivity index is 2.69. The third kappa shape index (κ3) is 1.50. The van der Waals surface area contributed by atoms with E-state index in [4.69, 9.17) is 0 Å². The van der Waals surface area contributed by atoms with Gasteiger partial charge in [-0.1, -0.05) is 18.2 Å². The minimum atomic E-state index is 0.745. The number of rotatable bonds is 3. The molecule has 0 unspecified atom stereocenters. The predicted octanol–water partition coefficient (Wildman–Crippen LogP) is 2.44. The predicted molar refractivity (Wildman–Crippen MR) is 62.6 cm³/mol. The minimum absolute atomic E-state index is 0.745. The van der Waals surface area contributed by atoms with Crippen molar-refractivity contribution in [3.63, 3.8) is 0 Å². The van der Waals surface area contributed by atoms with E-state index in [1.54, 1.807) is 0 Å². The molecule has 0 atom stereocenters. The van der Waals surface area contributed by atoms with Crippen LogP contribution < -0.4 is 4.90 Å². The molecule has 0 spiro atoms. The number of anilines is 1. The van der Waals surface area contributed by atoms with Crippen LogP contribution in [0.4, 0.5) is 5.82 Å². The van der Waals surface area contributed by atoms with Crippen LogP contribution in [0, 0.1) is 0 Å². The molecule has 3 heteroatoms. The van der Waals surface area contributed by atoms with E-state index >= 15 is 0 Å². The third-order valence-electron chi connectivity index (χ3n) is 2.70.